The smallest absolute Gasteiger partial charge is 0.149 e. The van der Waals surface area contributed by atoms with Gasteiger partial charge in [-0.1, -0.05) is 18.2 Å². The third-order valence-corrected chi connectivity index (χ3v) is 3.98. The van der Waals surface area contributed by atoms with Crippen molar-refractivity contribution in [1.29, 1.82) is 0 Å². The monoisotopic (exact) mass is 306 g/mol. The van der Waals surface area contributed by atoms with Crippen molar-refractivity contribution >= 4 is 22.1 Å². The predicted molar refractivity (Wildman–Crippen MR) is 89.0 cm³/mol. The zero-order valence-corrected chi connectivity index (χ0v) is 12.6. The molecule has 4 nitrogen and oxygen atoms in total. The maximum Gasteiger partial charge on any atom is 0.149 e. The molecule has 4 rings (SSSR count). The first-order chi connectivity index (χ1) is 11.2. The molecule has 4 aromatic rings. The molecule has 3 aromatic heterocycles. The zero-order chi connectivity index (χ0) is 15.8. The van der Waals surface area contributed by atoms with Crippen LogP contribution in [0.5, 0.6) is 0 Å². The van der Waals surface area contributed by atoms with E-state index in [0.29, 0.717) is 12.1 Å². The third-order valence-electron chi connectivity index (χ3n) is 3.98. The first-order valence-electron chi connectivity index (χ1n) is 7.42. The van der Waals surface area contributed by atoms with Crippen LogP contribution < -0.4 is 5.32 Å². The van der Waals surface area contributed by atoms with Crippen LogP contribution in [0.4, 0.5) is 10.1 Å². The van der Waals surface area contributed by atoms with Gasteiger partial charge < -0.3 is 9.72 Å². The van der Waals surface area contributed by atoms with E-state index in [-0.39, 0.29) is 5.82 Å². The summed E-state index contributed by atoms with van der Waals surface area (Å²) in [4.78, 5) is 8.55. The second-order valence-corrected chi connectivity index (χ2v) is 5.49. The second kappa shape index (κ2) is 5.35. The van der Waals surface area contributed by atoms with Gasteiger partial charge in [0.2, 0.25) is 0 Å². The lowest BCUT2D eigenvalue weighted by molar-refractivity contribution is 0.636. The van der Waals surface area contributed by atoms with Crippen LogP contribution in [0.1, 0.15) is 11.4 Å². The number of halogens is 1. The van der Waals surface area contributed by atoms with Gasteiger partial charge in [-0.05, 0) is 31.2 Å². The zero-order valence-electron chi connectivity index (χ0n) is 12.6. The molecule has 0 bridgehead atoms. The average molecular weight is 306 g/mol. The lowest BCUT2D eigenvalue weighted by atomic mass is 10.1. The number of nitrogens with zero attached hydrogens (tertiary/aromatic N) is 3. The van der Waals surface area contributed by atoms with Crippen LogP contribution in [0.15, 0.2) is 55.0 Å². The van der Waals surface area contributed by atoms with Gasteiger partial charge in [-0.2, -0.15) is 0 Å². The largest absolute Gasteiger partial charge is 0.378 e. The van der Waals surface area contributed by atoms with Gasteiger partial charge in [0.25, 0.3) is 0 Å². The highest BCUT2D eigenvalue weighted by Gasteiger charge is 2.07. The fourth-order valence-electron chi connectivity index (χ4n) is 2.77. The Morgan fingerprint density at radius 2 is 2.04 bits per heavy atom. The maximum atomic E-state index is 13.8. The molecule has 0 saturated heterocycles. The lowest BCUT2D eigenvalue weighted by Gasteiger charge is -2.12. The first-order valence-corrected chi connectivity index (χ1v) is 7.42. The molecule has 1 aromatic carbocycles. The first kappa shape index (κ1) is 13.7. The minimum absolute atomic E-state index is 0.291. The van der Waals surface area contributed by atoms with Crippen molar-refractivity contribution in [2.75, 3.05) is 5.32 Å². The minimum Gasteiger partial charge on any atom is -0.378 e. The van der Waals surface area contributed by atoms with Gasteiger partial charge in [-0.25, -0.2) is 14.4 Å². The summed E-state index contributed by atoms with van der Waals surface area (Å²) in [6.45, 7) is 2.52. The van der Waals surface area contributed by atoms with Crippen molar-refractivity contribution in [3.8, 4) is 0 Å². The van der Waals surface area contributed by atoms with Crippen molar-refractivity contribution < 1.29 is 4.39 Å². The highest BCUT2D eigenvalue weighted by atomic mass is 19.1. The number of hydrogen-bond acceptors (Lipinski definition) is 3. The number of benzene rings is 1. The van der Waals surface area contributed by atoms with Crippen molar-refractivity contribution in [1.82, 2.24) is 14.4 Å². The SMILES string of the molecule is Cc1nc2c(F)cccc2cc1NCc1cccc2cncn12. The molecule has 114 valence electrons. The summed E-state index contributed by atoms with van der Waals surface area (Å²) in [5.74, 6) is -0.291. The van der Waals surface area contributed by atoms with E-state index in [2.05, 4.69) is 15.3 Å². The van der Waals surface area contributed by atoms with Gasteiger partial charge in [0.1, 0.15) is 11.3 Å². The third kappa shape index (κ3) is 2.40. The molecule has 0 aliphatic carbocycles. The number of nitrogens with one attached hydrogen (secondary N) is 1. The van der Waals surface area contributed by atoms with Crippen LogP contribution in [0.2, 0.25) is 0 Å². The Hall–Kier alpha value is -2.95. The molecule has 0 saturated carbocycles. The normalized spacial score (nSPS) is 11.2. The summed E-state index contributed by atoms with van der Waals surface area (Å²) in [6, 6.07) is 13.0. The van der Waals surface area contributed by atoms with E-state index in [1.807, 2.05) is 47.9 Å². The topological polar surface area (TPSA) is 42.2 Å². The van der Waals surface area contributed by atoms with Crippen molar-refractivity contribution in [3.63, 3.8) is 0 Å². The standard InChI is InChI=1S/C18H15FN4/c1-12-17(8-13-4-2-7-16(19)18(13)22-12)21-10-15-6-3-5-14-9-20-11-23(14)15/h2-9,11,21H,10H2,1H3. The number of aromatic nitrogens is 3. The van der Waals surface area contributed by atoms with Crippen LogP contribution in [-0.4, -0.2) is 14.4 Å². The summed E-state index contributed by atoms with van der Waals surface area (Å²) < 4.78 is 15.8. The predicted octanol–water partition coefficient (Wildman–Crippen LogP) is 3.94. The number of para-hydroxylation sites is 1. The number of fused-ring (bicyclic) bond motifs is 2. The molecule has 0 amide bonds. The summed E-state index contributed by atoms with van der Waals surface area (Å²) in [5, 5.41) is 4.18. The van der Waals surface area contributed by atoms with E-state index < -0.39 is 0 Å². The molecule has 1 N–H and O–H groups in total. The highest BCUT2D eigenvalue weighted by Crippen LogP contribution is 2.23. The summed E-state index contributed by atoms with van der Waals surface area (Å²) in [5.41, 5.74) is 4.24. The van der Waals surface area contributed by atoms with E-state index >= 15 is 0 Å². The molecular weight excluding hydrogens is 291 g/mol. The molecular formula is C18H15FN4. The van der Waals surface area contributed by atoms with Gasteiger partial charge in [-0.15, -0.1) is 0 Å². The molecule has 5 heteroatoms. The Balaban J connectivity index is 1.68. The molecule has 0 spiro atoms. The van der Waals surface area contributed by atoms with Gasteiger partial charge in [-0.3, -0.25) is 0 Å². The van der Waals surface area contributed by atoms with Gasteiger partial charge in [0, 0.05) is 11.1 Å². The fourth-order valence-corrected chi connectivity index (χ4v) is 2.77. The van der Waals surface area contributed by atoms with E-state index in [9.17, 15) is 4.39 Å². The molecule has 0 atom stereocenters. The Bertz CT molecular complexity index is 1010. The number of aryl methyl sites for hydroxylation is 1. The molecule has 3 heterocycles. The Morgan fingerprint density at radius 3 is 2.96 bits per heavy atom. The van der Waals surface area contributed by atoms with E-state index in [0.717, 1.165) is 28.0 Å². The molecule has 0 aliphatic rings. The quantitative estimate of drug-likeness (QED) is 0.623. The van der Waals surface area contributed by atoms with Crippen LogP contribution in [0.3, 0.4) is 0 Å². The van der Waals surface area contributed by atoms with Crippen molar-refractivity contribution in [2.24, 2.45) is 0 Å². The van der Waals surface area contributed by atoms with Gasteiger partial charge in [0.05, 0.1) is 36.0 Å². The number of hydrogen-bond donors (Lipinski definition) is 1. The number of imidazole rings is 1. The Kier molecular flexibility index (Phi) is 3.19. The fraction of sp³-hybridized carbons (Fsp3) is 0.111. The molecule has 0 fully saturated rings. The van der Waals surface area contributed by atoms with Crippen LogP contribution >= 0.6 is 0 Å². The summed E-state index contributed by atoms with van der Waals surface area (Å²) in [6.07, 6.45) is 3.63. The van der Waals surface area contributed by atoms with Gasteiger partial charge >= 0.3 is 0 Å². The number of pyridine rings is 2. The van der Waals surface area contributed by atoms with E-state index in [1.165, 1.54) is 6.07 Å². The lowest BCUT2D eigenvalue weighted by Crippen LogP contribution is -2.06. The van der Waals surface area contributed by atoms with Gasteiger partial charge in [0.15, 0.2) is 0 Å². The second-order valence-electron chi connectivity index (χ2n) is 5.49. The number of rotatable bonds is 3. The highest BCUT2D eigenvalue weighted by molar-refractivity contribution is 5.83. The summed E-state index contributed by atoms with van der Waals surface area (Å²) in [7, 11) is 0. The van der Waals surface area contributed by atoms with Crippen molar-refractivity contribution in [3.05, 3.63) is 72.2 Å². The molecule has 23 heavy (non-hydrogen) atoms. The van der Waals surface area contributed by atoms with E-state index in [4.69, 9.17) is 0 Å². The van der Waals surface area contributed by atoms with Crippen LogP contribution in [0, 0.1) is 12.7 Å². The maximum absolute atomic E-state index is 13.8. The van der Waals surface area contributed by atoms with Crippen LogP contribution in [0.25, 0.3) is 16.4 Å². The van der Waals surface area contributed by atoms with Crippen molar-refractivity contribution in [2.45, 2.75) is 13.5 Å². The molecule has 0 radical (unpaired) electrons. The minimum atomic E-state index is -0.291. The number of anilines is 1. The summed E-state index contributed by atoms with van der Waals surface area (Å²) >= 11 is 0. The van der Waals surface area contributed by atoms with E-state index in [1.54, 1.807) is 12.4 Å². The molecule has 0 unspecified atom stereocenters. The average Bonchev–Trinajstić information content (AvgIpc) is 3.03. The Morgan fingerprint density at radius 1 is 1.17 bits per heavy atom. The van der Waals surface area contributed by atoms with Crippen LogP contribution in [-0.2, 0) is 6.54 Å². The Labute approximate surface area is 132 Å². The molecule has 0 aliphatic heterocycles.